The standard InChI is InChI=1S/C21H31N5O2S/c1-4-24(5-2)19(17-7-6-8-18(15-17)28-3)16-23-20(27)25-10-12-26(13-11-25)21-22-9-14-29-21/h6-9,14-15,19H,4-5,10-13,16H2,1-3H3,(H,23,27). The molecule has 7 nitrogen and oxygen atoms in total. The van der Waals surface area contributed by atoms with Crippen molar-refractivity contribution in [1.82, 2.24) is 20.1 Å². The summed E-state index contributed by atoms with van der Waals surface area (Å²) in [6.45, 7) is 9.75. The van der Waals surface area contributed by atoms with Crippen LogP contribution < -0.4 is 15.0 Å². The summed E-state index contributed by atoms with van der Waals surface area (Å²) in [5.74, 6) is 0.837. The molecule has 3 rings (SSSR count). The molecule has 2 aromatic rings. The third kappa shape index (κ3) is 5.39. The van der Waals surface area contributed by atoms with Gasteiger partial charge in [0.1, 0.15) is 5.75 Å². The fraction of sp³-hybridized carbons (Fsp3) is 0.524. The Morgan fingerprint density at radius 3 is 2.66 bits per heavy atom. The maximum Gasteiger partial charge on any atom is 0.317 e. The molecule has 1 saturated heterocycles. The zero-order chi connectivity index (χ0) is 20.6. The summed E-state index contributed by atoms with van der Waals surface area (Å²) in [6, 6.07) is 8.23. The molecule has 1 N–H and O–H groups in total. The van der Waals surface area contributed by atoms with E-state index in [-0.39, 0.29) is 12.1 Å². The molecule has 1 aliphatic rings. The van der Waals surface area contributed by atoms with E-state index in [9.17, 15) is 4.79 Å². The highest BCUT2D eigenvalue weighted by molar-refractivity contribution is 7.13. The number of amides is 2. The number of benzene rings is 1. The molecule has 29 heavy (non-hydrogen) atoms. The van der Waals surface area contributed by atoms with Crippen LogP contribution in [-0.4, -0.2) is 73.7 Å². The summed E-state index contributed by atoms with van der Waals surface area (Å²) < 4.78 is 5.39. The number of carbonyl (C=O) groups excluding carboxylic acids is 1. The quantitative estimate of drug-likeness (QED) is 0.715. The van der Waals surface area contributed by atoms with Crippen molar-refractivity contribution in [3.8, 4) is 5.75 Å². The van der Waals surface area contributed by atoms with Gasteiger partial charge in [0.05, 0.1) is 13.2 Å². The van der Waals surface area contributed by atoms with Gasteiger partial charge >= 0.3 is 6.03 Å². The van der Waals surface area contributed by atoms with Crippen LogP contribution >= 0.6 is 11.3 Å². The van der Waals surface area contributed by atoms with Gasteiger partial charge in [0.15, 0.2) is 5.13 Å². The lowest BCUT2D eigenvalue weighted by Crippen LogP contribution is -2.52. The summed E-state index contributed by atoms with van der Waals surface area (Å²) in [6.07, 6.45) is 1.82. The Morgan fingerprint density at radius 1 is 1.28 bits per heavy atom. The Kier molecular flexibility index (Phi) is 7.71. The Labute approximate surface area is 177 Å². The minimum absolute atomic E-state index is 0.00356. The number of methoxy groups -OCH3 is 1. The molecule has 1 unspecified atom stereocenters. The van der Waals surface area contributed by atoms with Crippen LogP contribution in [0, 0.1) is 0 Å². The number of urea groups is 1. The third-order valence-electron chi connectivity index (χ3n) is 5.44. The average Bonchev–Trinajstić information content (AvgIpc) is 3.31. The van der Waals surface area contributed by atoms with Crippen LogP contribution in [0.3, 0.4) is 0 Å². The summed E-state index contributed by atoms with van der Waals surface area (Å²) in [7, 11) is 1.68. The van der Waals surface area contributed by atoms with Gasteiger partial charge in [-0.25, -0.2) is 9.78 Å². The molecular weight excluding hydrogens is 386 g/mol. The summed E-state index contributed by atoms with van der Waals surface area (Å²) in [5.41, 5.74) is 1.15. The lowest BCUT2D eigenvalue weighted by atomic mass is 10.0. The zero-order valence-electron chi connectivity index (χ0n) is 17.5. The number of nitrogens with zero attached hydrogens (tertiary/aromatic N) is 4. The second kappa shape index (κ2) is 10.5. The molecule has 0 aliphatic carbocycles. The lowest BCUT2D eigenvalue weighted by Gasteiger charge is -2.35. The zero-order valence-corrected chi connectivity index (χ0v) is 18.3. The number of hydrogen-bond acceptors (Lipinski definition) is 6. The lowest BCUT2D eigenvalue weighted by molar-refractivity contribution is 0.180. The molecule has 1 aromatic heterocycles. The van der Waals surface area contributed by atoms with Crippen molar-refractivity contribution in [2.24, 2.45) is 0 Å². The molecule has 1 aliphatic heterocycles. The van der Waals surface area contributed by atoms with Gasteiger partial charge in [-0.3, -0.25) is 4.90 Å². The van der Waals surface area contributed by atoms with E-state index in [0.717, 1.165) is 42.6 Å². The highest BCUT2D eigenvalue weighted by Crippen LogP contribution is 2.24. The minimum atomic E-state index is 0.00356. The van der Waals surface area contributed by atoms with Crippen LogP contribution in [0.4, 0.5) is 9.93 Å². The van der Waals surface area contributed by atoms with E-state index < -0.39 is 0 Å². The van der Waals surface area contributed by atoms with Crippen LogP contribution in [0.25, 0.3) is 0 Å². The van der Waals surface area contributed by atoms with Crippen molar-refractivity contribution in [3.05, 3.63) is 41.4 Å². The molecule has 0 radical (unpaired) electrons. The average molecular weight is 418 g/mol. The van der Waals surface area contributed by atoms with Crippen molar-refractivity contribution < 1.29 is 9.53 Å². The minimum Gasteiger partial charge on any atom is -0.497 e. The van der Waals surface area contributed by atoms with Crippen LogP contribution in [0.5, 0.6) is 5.75 Å². The van der Waals surface area contributed by atoms with E-state index in [0.29, 0.717) is 19.6 Å². The van der Waals surface area contributed by atoms with Crippen molar-refractivity contribution in [2.75, 3.05) is 57.8 Å². The van der Waals surface area contributed by atoms with Gasteiger partial charge in [0, 0.05) is 44.3 Å². The van der Waals surface area contributed by atoms with Crippen molar-refractivity contribution in [1.29, 1.82) is 0 Å². The van der Waals surface area contributed by atoms with Crippen LogP contribution in [0.15, 0.2) is 35.8 Å². The molecule has 158 valence electrons. The van der Waals surface area contributed by atoms with Gasteiger partial charge < -0.3 is 19.9 Å². The molecule has 8 heteroatoms. The van der Waals surface area contributed by atoms with E-state index in [2.05, 4.69) is 46.1 Å². The number of hydrogen-bond donors (Lipinski definition) is 1. The monoisotopic (exact) mass is 417 g/mol. The van der Waals surface area contributed by atoms with Gasteiger partial charge in [-0.15, -0.1) is 11.3 Å². The van der Waals surface area contributed by atoms with Crippen molar-refractivity contribution >= 4 is 22.5 Å². The van der Waals surface area contributed by atoms with Gasteiger partial charge in [0.2, 0.25) is 0 Å². The number of carbonyl (C=O) groups is 1. The highest BCUT2D eigenvalue weighted by Gasteiger charge is 2.24. The summed E-state index contributed by atoms with van der Waals surface area (Å²) >= 11 is 1.64. The highest BCUT2D eigenvalue weighted by atomic mass is 32.1. The number of nitrogens with one attached hydrogen (secondary N) is 1. The second-order valence-corrected chi connectivity index (χ2v) is 7.86. The number of piperazine rings is 1. The molecule has 0 spiro atoms. The molecule has 1 atom stereocenters. The van der Waals surface area contributed by atoms with Gasteiger partial charge in [-0.1, -0.05) is 26.0 Å². The fourth-order valence-electron chi connectivity index (χ4n) is 3.74. The van der Waals surface area contributed by atoms with Crippen molar-refractivity contribution in [2.45, 2.75) is 19.9 Å². The number of likely N-dealkylation sites (N-methyl/N-ethyl adjacent to an activating group) is 1. The largest absolute Gasteiger partial charge is 0.497 e. The van der Waals surface area contributed by atoms with Gasteiger partial charge in [0.25, 0.3) is 0 Å². The Bertz CT molecular complexity index is 758. The number of ether oxygens (including phenoxy) is 1. The first-order chi connectivity index (χ1) is 14.2. The van der Waals surface area contributed by atoms with Crippen molar-refractivity contribution in [3.63, 3.8) is 0 Å². The normalized spacial score (nSPS) is 15.4. The molecule has 2 amide bonds. The van der Waals surface area contributed by atoms with E-state index in [1.807, 2.05) is 28.6 Å². The number of rotatable bonds is 8. The van der Waals surface area contributed by atoms with E-state index in [1.54, 1.807) is 18.4 Å². The second-order valence-electron chi connectivity index (χ2n) is 6.99. The van der Waals surface area contributed by atoms with Crippen LogP contribution in [0.2, 0.25) is 0 Å². The molecule has 0 saturated carbocycles. The third-order valence-corrected chi connectivity index (χ3v) is 6.27. The predicted molar refractivity (Wildman–Crippen MR) is 118 cm³/mol. The first-order valence-corrected chi connectivity index (χ1v) is 11.1. The van der Waals surface area contributed by atoms with Gasteiger partial charge in [-0.05, 0) is 30.8 Å². The fourth-order valence-corrected chi connectivity index (χ4v) is 4.44. The Hall–Kier alpha value is -2.32. The Balaban J connectivity index is 1.59. The van der Waals surface area contributed by atoms with E-state index in [1.165, 1.54) is 0 Å². The Morgan fingerprint density at radius 2 is 2.03 bits per heavy atom. The first kappa shape index (κ1) is 21.4. The maximum absolute atomic E-state index is 12.8. The maximum atomic E-state index is 12.8. The van der Waals surface area contributed by atoms with E-state index >= 15 is 0 Å². The number of aromatic nitrogens is 1. The van der Waals surface area contributed by atoms with Crippen LogP contribution in [-0.2, 0) is 0 Å². The smallest absolute Gasteiger partial charge is 0.317 e. The first-order valence-electron chi connectivity index (χ1n) is 10.2. The molecule has 1 fully saturated rings. The summed E-state index contributed by atoms with van der Waals surface area (Å²) in [5, 5.41) is 6.18. The van der Waals surface area contributed by atoms with Crippen LogP contribution in [0.1, 0.15) is 25.5 Å². The van der Waals surface area contributed by atoms with E-state index in [4.69, 9.17) is 4.74 Å². The SMILES string of the molecule is CCN(CC)C(CNC(=O)N1CCN(c2nccs2)CC1)c1cccc(OC)c1. The summed E-state index contributed by atoms with van der Waals surface area (Å²) in [4.78, 5) is 23.6. The topological polar surface area (TPSA) is 60.9 Å². The molecular formula is C21H31N5O2S. The molecule has 0 bridgehead atoms. The number of thiazole rings is 1. The van der Waals surface area contributed by atoms with Gasteiger partial charge in [-0.2, -0.15) is 0 Å². The predicted octanol–water partition coefficient (Wildman–Crippen LogP) is 3.07. The molecule has 2 heterocycles. The number of anilines is 1. The molecule has 1 aromatic carbocycles.